The van der Waals surface area contributed by atoms with Crippen LogP contribution in [0.15, 0.2) is 18.5 Å². The minimum Gasteiger partial charge on any atom is -0.357 e. The maximum absolute atomic E-state index is 6.11. The van der Waals surface area contributed by atoms with Crippen LogP contribution in [0, 0.1) is 5.92 Å². The van der Waals surface area contributed by atoms with Crippen LogP contribution in [0.3, 0.4) is 0 Å². The topological polar surface area (TPSA) is 30.9 Å². The summed E-state index contributed by atoms with van der Waals surface area (Å²) in [6, 6.07) is 2.61. The van der Waals surface area contributed by atoms with Gasteiger partial charge >= 0.3 is 0 Å². The van der Waals surface area contributed by atoms with Crippen molar-refractivity contribution in [3.63, 3.8) is 0 Å². The lowest BCUT2D eigenvalue weighted by Crippen LogP contribution is -2.36. The van der Waals surface area contributed by atoms with Crippen LogP contribution in [0.5, 0.6) is 0 Å². The molecule has 0 saturated carbocycles. The predicted octanol–water partition coefficient (Wildman–Crippen LogP) is 1.65. The lowest BCUT2D eigenvalue weighted by Gasteiger charge is -2.27. The van der Waals surface area contributed by atoms with Crippen LogP contribution >= 0.6 is 11.8 Å². The molecule has 0 bridgehead atoms. The maximum atomic E-state index is 6.11. The van der Waals surface area contributed by atoms with Crippen molar-refractivity contribution in [2.24, 2.45) is 18.7 Å². The van der Waals surface area contributed by atoms with Crippen LogP contribution in [0.1, 0.15) is 12.0 Å². The van der Waals surface area contributed by atoms with Crippen molar-refractivity contribution >= 4 is 11.8 Å². The number of nitrogens with zero attached hydrogens (tertiary/aromatic N) is 1. The summed E-state index contributed by atoms with van der Waals surface area (Å²) in [5.41, 5.74) is 7.54. The molecule has 1 aliphatic rings. The number of hydrogen-bond acceptors (Lipinski definition) is 2. The first-order valence-electron chi connectivity index (χ1n) is 5.20. The number of thioether (sulfide) groups is 1. The van der Waals surface area contributed by atoms with Crippen LogP contribution in [-0.2, 0) is 13.5 Å². The highest BCUT2D eigenvalue weighted by molar-refractivity contribution is 7.99. The van der Waals surface area contributed by atoms with Gasteiger partial charge in [0.15, 0.2) is 0 Å². The van der Waals surface area contributed by atoms with Crippen molar-refractivity contribution < 1.29 is 0 Å². The van der Waals surface area contributed by atoms with Gasteiger partial charge in [-0.05, 0) is 41.9 Å². The number of hydrogen-bond donors (Lipinski definition) is 1. The van der Waals surface area contributed by atoms with E-state index in [4.69, 9.17) is 5.73 Å². The molecule has 2 atom stereocenters. The average molecular weight is 210 g/mol. The van der Waals surface area contributed by atoms with E-state index < -0.39 is 0 Å². The summed E-state index contributed by atoms with van der Waals surface area (Å²) in [6.45, 7) is 0. The van der Waals surface area contributed by atoms with Crippen molar-refractivity contribution in [3.8, 4) is 0 Å². The minimum atomic E-state index is 0.413. The highest BCUT2D eigenvalue weighted by Gasteiger charge is 2.22. The maximum Gasteiger partial charge on any atom is 0.0106 e. The molecular formula is C11H18N2S. The van der Waals surface area contributed by atoms with Gasteiger partial charge in [0.2, 0.25) is 0 Å². The molecule has 1 fully saturated rings. The van der Waals surface area contributed by atoms with E-state index in [0.717, 1.165) is 6.42 Å². The normalized spacial score (nSPS) is 27.9. The van der Waals surface area contributed by atoms with E-state index in [0.29, 0.717) is 12.0 Å². The first-order valence-corrected chi connectivity index (χ1v) is 6.35. The monoisotopic (exact) mass is 210 g/mol. The van der Waals surface area contributed by atoms with E-state index in [1.807, 2.05) is 11.8 Å². The third-order valence-electron chi connectivity index (χ3n) is 2.92. The van der Waals surface area contributed by atoms with Gasteiger partial charge < -0.3 is 10.3 Å². The Morgan fingerprint density at radius 2 is 2.50 bits per heavy atom. The molecule has 0 amide bonds. The number of nitrogens with two attached hydrogens (primary N) is 1. The van der Waals surface area contributed by atoms with Gasteiger partial charge in [0, 0.05) is 25.5 Å². The molecule has 78 valence electrons. The largest absolute Gasteiger partial charge is 0.357 e. The molecule has 0 spiro atoms. The van der Waals surface area contributed by atoms with Gasteiger partial charge in [-0.2, -0.15) is 11.8 Å². The van der Waals surface area contributed by atoms with Crippen LogP contribution in [-0.4, -0.2) is 22.1 Å². The van der Waals surface area contributed by atoms with Gasteiger partial charge in [0.05, 0.1) is 0 Å². The second-order valence-electron chi connectivity index (χ2n) is 4.18. The first kappa shape index (κ1) is 10.1. The molecule has 3 heteroatoms. The number of rotatable bonds is 2. The molecule has 0 aliphatic carbocycles. The van der Waals surface area contributed by atoms with E-state index in [2.05, 4.69) is 30.1 Å². The molecule has 2 unspecified atom stereocenters. The second-order valence-corrected chi connectivity index (χ2v) is 5.33. The van der Waals surface area contributed by atoms with Crippen molar-refractivity contribution in [1.29, 1.82) is 0 Å². The molecule has 1 aromatic heterocycles. The molecule has 2 heterocycles. The third-order valence-corrected chi connectivity index (χ3v) is 4.11. The van der Waals surface area contributed by atoms with Crippen molar-refractivity contribution in [2.75, 3.05) is 11.5 Å². The Bertz CT molecular complexity index is 295. The zero-order valence-corrected chi connectivity index (χ0v) is 9.46. The summed E-state index contributed by atoms with van der Waals surface area (Å²) in [7, 11) is 2.07. The zero-order valence-electron chi connectivity index (χ0n) is 8.65. The van der Waals surface area contributed by atoms with E-state index in [1.54, 1.807) is 0 Å². The Labute approximate surface area is 89.9 Å². The van der Waals surface area contributed by atoms with Crippen LogP contribution in [0.4, 0.5) is 0 Å². The fourth-order valence-corrected chi connectivity index (χ4v) is 3.28. The highest BCUT2D eigenvalue weighted by Crippen LogP contribution is 2.25. The highest BCUT2D eigenvalue weighted by atomic mass is 32.2. The molecule has 2 N–H and O–H groups in total. The summed E-state index contributed by atoms with van der Waals surface area (Å²) < 4.78 is 2.11. The Balaban J connectivity index is 1.95. The smallest absolute Gasteiger partial charge is 0.0106 e. The predicted molar refractivity (Wildman–Crippen MR) is 62.5 cm³/mol. The van der Waals surface area contributed by atoms with Gasteiger partial charge in [-0.25, -0.2) is 0 Å². The SMILES string of the molecule is Cn1ccc(CC2CSCCC2N)c1. The summed E-state index contributed by atoms with van der Waals surface area (Å²) in [5.74, 6) is 3.15. The Kier molecular flexibility index (Phi) is 3.19. The molecule has 0 radical (unpaired) electrons. The molecule has 2 rings (SSSR count). The van der Waals surface area contributed by atoms with Crippen molar-refractivity contribution in [3.05, 3.63) is 24.0 Å². The molecule has 1 aliphatic heterocycles. The zero-order chi connectivity index (χ0) is 9.97. The van der Waals surface area contributed by atoms with Crippen LogP contribution < -0.4 is 5.73 Å². The summed E-state index contributed by atoms with van der Waals surface area (Å²) in [4.78, 5) is 0. The van der Waals surface area contributed by atoms with Gasteiger partial charge in [-0.3, -0.25) is 0 Å². The van der Waals surface area contributed by atoms with E-state index in [1.165, 1.54) is 23.5 Å². The van der Waals surface area contributed by atoms with Gasteiger partial charge in [-0.1, -0.05) is 0 Å². The van der Waals surface area contributed by atoms with Crippen LogP contribution in [0.25, 0.3) is 0 Å². The third kappa shape index (κ3) is 2.34. The first-order chi connectivity index (χ1) is 6.75. The second kappa shape index (κ2) is 4.41. The Hall–Kier alpha value is -0.410. The van der Waals surface area contributed by atoms with Gasteiger partial charge in [-0.15, -0.1) is 0 Å². The lowest BCUT2D eigenvalue weighted by atomic mass is 9.93. The molecule has 0 aromatic carbocycles. The number of aromatic nitrogens is 1. The fourth-order valence-electron chi connectivity index (χ4n) is 2.01. The standard InChI is InChI=1S/C11H18N2S/c1-13-4-2-9(7-13)6-10-8-14-5-3-11(10)12/h2,4,7,10-11H,3,5-6,8,12H2,1H3. The Morgan fingerprint density at radius 1 is 1.64 bits per heavy atom. The molecule has 14 heavy (non-hydrogen) atoms. The lowest BCUT2D eigenvalue weighted by molar-refractivity contribution is 0.441. The summed E-state index contributed by atoms with van der Waals surface area (Å²) in [6.07, 6.45) is 6.64. The van der Waals surface area contributed by atoms with Crippen molar-refractivity contribution in [2.45, 2.75) is 18.9 Å². The fraction of sp³-hybridized carbons (Fsp3) is 0.636. The average Bonchev–Trinajstić information content (AvgIpc) is 2.56. The van der Waals surface area contributed by atoms with Gasteiger partial charge in [0.25, 0.3) is 0 Å². The van der Waals surface area contributed by atoms with E-state index >= 15 is 0 Å². The van der Waals surface area contributed by atoms with E-state index in [-0.39, 0.29) is 0 Å². The minimum absolute atomic E-state index is 0.413. The molecule has 1 aromatic rings. The Morgan fingerprint density at radius 3 is 3.14 bits per heavy atom. The molecule has 2 nitrogen and oxygen atoms in total. The molecular weight excluding hydrogens is 192 g/mol. The van der Waals surface area contributed by atoms with Crippen LogP contribution in [0.2, 0.25) is 0 Å². The quantitative estimate of drug-likeness (QED) is 0.804. The van der Waals surface area contributed by atoms with E-state index in [9.17, 15) is 0 Å². The summed E-state index contributed by atoms with van der Waals surface area (Å²) in [5, 5.41) is 0. The van der Waals surface area contributed by atoms with Crippen molar-refractivity contribution in [1.82, 2.24) is 4.57 Å². The number of aryl methyl sites for hydroxylation is 1. The molecule has 1 saturated heterocycles. The summed E-state index contributed by atoms with van der Waals surface area (Å²) >= 11 is 2.05. The van der Waals surface area contributed by atoms with Gasteiger partial charge in [0.1, 0.15) is 0 Å².